The summed E-state index contributed by atoms with van der Waals surface area (Å²) >= 11 is 0. The number of esters is 1. The lowest BCUT2D eigenvalue weighted by Gasteiger charge is -2.35. The van der Waals surface area contributed by atoms with Gasteiger partial charge in [0.1, 0.15) is 24.5 Å². The maximum atomic E-state index is 14.7. The van der Waals surface area contributed by atoms with Crippen molar-refractivity contribution in [2.24, 2.45) is 0 Å². The Morgan fingerprint density at radius 1 is 1.08 bits per heavy atom. The molecular formula is C31H28FN3O4. The van der Waals surface area contributed by atoms with Crippen LogP contribution in [-0.4, -0.2) is 40.9 Å². The smallest absolute Gasteiger partial charge is 0.316 e. The highest BCUT2D eigenvalue weighted by molar-refractivity contribution is 5.97. The van der Waals surface area contributed by atoms with Crippen LogP contribution < -0.4 is 4.74 Å². The molecular weight excluding hydrogens is 497 g/mol. The van der Waals surface area contributed by atoms with Crippen LogP contribution in [-0.2, 0) is 26.3 Å². The first-order valence-corrected chi connectivity index (χ1v) is 12.9. The Balaban J connectivity index is 1.34. The first kappa shape index (κ1) is 25.0. The first-order valence-electron chi connectivity index (χ1n) is 12.9. The number of carbonyl (C=O) groups is 1. The lowest BCUT2D eigenvalue weighted by molar-refractivity contribution is -0.151. The molecule has 0 atom stereocenters. The first-order chi connectivity index (χ1) is 19.0. The van der Waals surface area contributed by atoms with Crippen LogP contribution >= 0.6 is 0 Å². The molecule has 5 aromatic rings. The van der Waals surface area contributed by atoms with E-state index in [0.717, 1.165) is 33.2 Å². The number of aromatic nitrogens is 3. The number of carbonyl (C=O) groups excluding carboxylic acids is 1. The molecule has 39 heavy (non-hydrogen) atoms. The van der Waals surface area contributed by atoms with Crippen molar-refractivity contribution in [2.75, 3.05) is 20.3 Å². The highest BCUT2D eigenvalue weighted by Gasteiger charge is 2.43. The zero-order valence-electron chi connectivity index (χ0n) is 21.8. The number of aryl methyl sites for hydroxylation is 1. The number of hydrogen-bond acceptors (Lipinski definition) is 6. The summed E-state index contributed by atoms with van der Waals surface area (Å²) in [6, 6.07) is 21.0. The third-order valence-electron chi connectivity index (χ3n) is 7.54. The Kier molecular flexibility index (Phi) is 6.48. The Morgan fingerprint density at radius 3 is 2.72 bits per heavy atom. The van der Waals surface area contributed by atoms with Crippen LogP contribution in [0.4, 0.5) is 4.39 Å². The van der Waals surface area contributed by atoms with E-state index in [1.165, 1.54) is 24.8 Å². The summed E-state index contributed by atoms with van der Waals surface area (Å²) in [6.07, 6.45) is 2.54. The van der Waals surface area contributed by atoms with E-state index < -0.39 is 11.2 Å². The molecule has 7 nitrogen and oxygen atoms in total. The summed E-state index contributed by atoms with van der Waals surface area (Å²) in [5.74, 6) is -0.508. The van der Waals surface area contributed by atoms with E-state index >= 15 is 0 Å². The number of rotatable bonds is 6. The summed E-state index contributed by atoms with van der Waals surface area (Å²) < 4.78 is 33.3. The minimum atomic E-state index is -0.956. The molecule has 6 rings (SSSR count). The second-order valence-corrected chi connectivity index (χ2v) is 9.99. The van der Waals surface area contributed by atoms with Gasteiger partial charge in [-0.25, -0.2) is 4.39 Å². The zero-order chi connectivity index (χ0) is 27.0. The van der Waals surface area contributed by atoms with Crippen LogP contribution in [0.1, 0.15) is 29.5 Å². The second kappa shape index (κ2) is 10.1. The molecule has 0 unspecified atom stereocenters. The Hall–Kier alpha value is -4.30. The fourth-order valence-electron chi connectivity index (χ4n) is 5.50. The highest BCUT2D eigenvalue weighted by atomic mass is 19.1. The molecule has 0 saturated carbocycles. The van der Waals surface area contributed by atoms with Crippen molar-refractivity contribution < 1.29 is 23.4 Å². The van der Waals surface area contributed by atoms with Crippen molar-refractivity contribution in [3.8, 4) is 16.9 Å². The Morgan fingerprint density at radius 2 is 1.92 bits per heavy atom. The average molecular weight is 526 g/mol. The lowest BCUT2D eigenvalue weighted by atomic mass is 9.74. The molecule has 0 spiro atoms. The molecule has 0 amide bonds. The monoisotopic (exact) mass is 525 g/mol. The second-order valence-electron chi connectivity index (χ2n) is 9.99. The number of pyridine rings is 1. The largest absolute Gasteiger partial charge is 0.489 e. The Bertz CT molecular complexity index is 1690. The molecule has 1 aliphatic heterocycles. The number of nitrogens with zero attached hydrogens (tertiary/aromatic N) is 3. The summed E-state index contributed by atoms with van der Waals surface area (Å²) in [5, 5.41) is 9.46. The van der Waals surface area contributed by atoms with Crippen LogP contribution in [0, 0.1) is 12.7 Å². The van der Waals surface area contributed by atoms with Gasteiger partial charge in [-0.2, -0.15) is 0 Å². The van der Waals surface area contributed by atoms with Gasteiger partial charge in [0, 0.05) is 24.7 Å². The van der Waals surface area contributed by atoms with Gasteiger partial charge < -0.3 is 14.2 Å². The standard InChI is InChI=1S/C31H28FN3O4/c1-20-4-3-5-22(12-20)27-17-29-34-33-19-35(29)28-13-21(6-7-26(27)28)18-39-25-15-23(14-24(32)16-25)31(30(36)37-2)8-10-38-11-9-31/h3-7,12-17,19H,8-11,18H2,1-2H3. The van der Waals surface area contributed by atoms with Crippen molar-refractivity contribution in [1.82, 2.24) is 14.6 Å². The van der Waals surface area contributed by atoms with Gasteiger partial charge in [-0.05, 0) is 66.3 Å². The minimum absolute atomic E-state index is 0.214. The molecule has 1 aliphatic rings. The molecule has 198 valence electrons. The van der Waals surface area contributed by atoms with E-state index in [2.05, 4.69) is 41.4 Å². The zero-order valence-corrected chi connectivity index (χ0v) is 21.8. The minimum Gasteiger partial charge on any atom is -0.489 e. The topological polar surface area (TPSA) is 75.0 Å². The maximum absolute atomic E-state index is 14.7. The molecule has 2 aromatic heterocycles. The molecule has 0 aliphatic carbocycles. The van der Waals surface area contributed by atoms with Crippen molar-refractivity contribution in [3.05, 3.63) is 95.6 Å². The fraction of sp³-hybridized carbons (Fsp3) is 0.258. The molecule has 1 saturated heterocycles. The quantitative estimate of drug-likeness (QED) is 0.261. The lowest BCUT2D eigenvalue weighted by Crippen LogP contribution is -2.42. The van der Waals surface area contributed by atoms with Crippen LogP contribution in [0.15, 0.2) is 73.1 Å². The van der Waals surface area contributed by atoms with Gasteiger partial charge in [0.15, 0.2) is 5.65 Å². The number of ether oxygens (including phenoxy) is 3. The van der Waals surface area contributed by atoms with Crippen LogP contribution in [0.3, 0.4) is 0 Å². The Labute approximate surface area is 225 Å². The molecule has 0 bridgehead atoms. The van der Waals surface area contributed by atoms with E-state index in [-0.39, 0.29) is 12.6 Å². The van der Waals surface area contributed by atoms with Gasteiger partial charge in [-0.3, -0.25) is 9.20 Å². The number of fused-ring (bicyclic) bond motifs is 3. The van der Waals surface area contributed by atoms with Crippen LogP contribution in [0.2, 0.25) is 0 Å². The van der Waals surface area contributed by atoms with Gasteiger partial charge in [0.05, 0.1) is 18.0 Å². The molecule has 0 radical (unpaired) electrons. The maximum Gasteiger partial charge on any atom is 0.316 e. The number of benzene rings is 3. The van der Waals surface area contributed by atoms with E-state index in [4.69, 9.17) is 14.2 Å². The van der Waals surface area contributed by atoms with Gasteiger partial charge in [-0.15, -0.1) is 10.2 Å². The predicted molar refractivity (Wildman–Crippen MR) is 145 cm³/mol. The highest BCUT2D eigenvalue weighted by Crippen LogP contribution is 2.38. The normalized spacial score (nSPS) is 14.9. The number of methoxy groups -OCH3 is 1. The summed E-state index contributed by atoms with van der Waals surface area (Å²) in [5.41, 5.74) is 5.53. The van der Waals surface area contributed by atoms with Gasteiger partial charge >= 0.3 is 5.97 Å². The molecule has 3 heterocycles. The van der Waals surface area contributed by atoms with Crippen LogP contribution in [0.25, 0.3) is 27.7 Å². The third-order valence-corrected chi connectivity index (χ3v) is 7.54. The van der Waals surface area contributed by atoms with Gasteiger partial charge in [-0.1, -0.05) is 42.0 Å². The predicted octanol–water partition coefficient (Wildman–Crippen LogP) is 5.80. The van der Waals surface area contributed by atoms with E-state index in [1.54, 1.807) is 12.4 Å². The third kappa shape index (κ3) is 4.61. The van der Waals surface area contributed by atoms with Crippen LogP contribution in [0.5, 0.6) is 5.75 Å². The van der Waals surface area contributed by atoms with Crippen molar-refractivity contribution >= 4 is 22.5 Å². The number of halogens is 1. The van der Waals surface area contributed by atoms with Crippen molar-refractivity contribution in [1.29, 1.82) is 0 Å². The molecule has 3 aromatic carbocycles. The van der Waals surface area contributed by atoms with Gasteiger partial charge in [0.25, 0.3) is 0 Å². The van der Waals surface area contributed by atoms with Gasteiger partial charge in [0.2, 0.25) is 0 Å². The van der Waals surface area contributed by atoms with E-state index in [9.17, 15) is 9.18 Å². The van der Waals surface area contributed by atoms with E-state index in [0.29, 0.717) is 37.4 Å². The average Bonchev–Trinajstić information content (AvgIpc) is 3.44. The summed E-state index contributed by atoms with van der Waals surface area (Å²) in [7, 11) is 1.35. The summed E-state index contributed by atoms with van der Waals surface area (Å²) in [6.45, 7) is 3.09. The SMILES string of the molecule is COC(=O)C1(c2cc(F)cc(OCc3ccc4c(-c5cccc(C)c5)cc5nncn5c4c3)c2)CCOCC1. The number of hydrogen-bond donors (Lipinski definition) is 0. The molecule has 1 fully saturated rings. The molecule has 0 N–H and O–H groups in total. The molecule has 8 heteroatoms. The van der Waals surface area contributed by atoms with E-state index in [1.807, 2.05) is 28.7 Å². The van der Waals surface area contributed by atoms with Crippen molar-refractivity contribution in [3.63, 3.8) is 0 Å². The fourth-order valence-corrected chi connectivity index (χ4v) is 5.50. The summed E-state index contributed by atoms with van der Waals surface area (Å²) in [4.78, 5) is 12.8. The van der Waals surface area contributed by atoms with Crippen molar-refractivity contribution in [2.45, 2.75) is 31.8 Å².